The number of nitrogens with two attached hydrogens (primary N) is 1. The Morgan fingerprint density at radius 2 is 2.07 bits per heavy atom. The van der Waals surface area contributed by atoms with Crippen LogP contribution >= 0.6 is 0 Å². The lowest BCUT2D eigenvalue weighted by Crippen LogP contribution is -2.35. The lowest BCUT2D eigenvalue weighted by molar-refractivity contribution is 0.0953. The van der Waals surface area contributed by atoms with E-state index in [4.69, 9.17) is 5.73 Å². The molecule has 1 amide bonds. The predicted molar refractivity (Wildman–Crippen MR) is 164 cm³/mol. The number of aliphatic hydroxyl groups is 1. The third-order valence-corrected chi connectivity index (χ3v) is 6.91. The highest BCUT2D eigenvalue weighted by atomic mass is 16.3. The van der Waals surface area contributed by atoms with Gasteiger partial charge in [-0.1, -0.05) is 25.2 Å². The van der Waals surface area contributed by atoms with E-state index < -0.39 is 0 Å². The van der Waals surface area contributed by atoms with Gasteiger partial charge in [-0.2, -0.15) is 5.10 Å². The van der Waals surface area contributed by atoms with Gasteiger partial charge in [0.05, 0.1) is 17.9 Å². The zero-order chi connectivity index (χ0) is 30.3. The summed E-state index contributed by atoms with van der Waals surface area (Å²) in [6.45, 7) is 11.6. The number of aromatic nitrogens is 7. The molecule has 0 aromatic carbocycles. The number of hydrogen-bond donors (Lipinski definition) is 3. The third kappa shape index (κ3) is 6.59. The molecule has 43 heavy (non-hydrogen) atoms. The summed E-state index contributed by atoms with van der Waals surface area (Å²) in [5.74, 6) is 6.78. The van der Waals surface area contributed by atoms with E-state index in [0.717, 1.165) is 24.5 Å². The molecule has 13 nitrogen and oxygen atoms in total. The summed E-state index contributed by atoms with van der Waals surface area (Å²) in [6.07, 6.45) is 9.05. The molecule has 218 valence electrons. The Morgan fingerprint density at radius 3 is 2.86 bits per heavy atom. The van der Waals surface area contributed by atoms with E-state index in [1.807, 2.05) is 12.1 Å². The van der Waals surface area contributed by atoms with Gasteiger partial charge >= 0.3 is 0 Å². The molecule has 0 aliphatic carbocycles. The summed E-state index contributed by atoms with van der Waals surface area (Å²) < 4.78 is 1.54. The van der Waals surface area contributed by atoms with Gasteiger partial charge in [-0.3, -0.25) is 4.79 Å². The minimum atomic E-state index is -0.344. The topological polar surface area (TPSA) is 164 Å². The maximum absolute atomic E-state index is 12.5. The monoisotopic (exact) mass is 577 g/mol. The first kappa shape index (κ1) is 28.7. The quantitative estimate of drug-likeness (QED) is 0.168. The summed E-state index contributed by atoms with van der Waals surface area (Å²) >= 11 is 0. The summed E-state index contributed by atoms with van der Waals surface area (Å²) in [5, 5.41) is 25.2. The van der Waals surface area contributed by atoms with E-state index in [-0.39, 0.29) is 29.9 Å². The Bertz CT molecular complexity index is 1740. The van der Waals surface area contributed by atoms with Crippen molar-refractivity contribution in [3.05, 3.63) is 91.1 Å². The number of carbonyl (C=O) groups is 1. The maximum Gasteiger partial charge on any atom is 0.272 e. The van der Waals surface area contributed by atoms with Crippen molar-refractivity contribution in [2.24, 2.45) is 0 Å². The summed E-state index contributed by atoms with van der Waals surface area (Å²) in [6, 6.07) is 7.19. The van der Waals surface area contributed by atoms with E-state index in [0.29, 0.717) is 41.6 Å². The molecule has 0 unspecified atom stereocenters. The standard InChI is InChI=1S/C30H31N11O2/c1-4-7-22(21(3)42)23-18-25(29(31)37-36-23)39-15-10-20(2)40(17-16-39)27-9-13-32-26(35-27)8-5-11-34-30(43)24-19-28-33-12-6-14-41(28)38-24/h4,6-7,9,12-14,18-20,42H,1,3,10-11,15-17H2,2H3,(H2,31,37)(H,34,43)/b22-7+/t20-/m1/s1. The van der Waals surface area contributed by atoms with Gasteiger partial charge in [-0.05, 0) is 43.5 Å². The molecule has 0 spiro atoms. The largest absolute Gasteiger partial charge is 0.508 e. The molecule has 1 atom stereocenters. The highest BCUT2D eigenvalue weighted by molar-refractivity contribution is 5.93. The first-order chi connectivity index (χ1) is 20.8. The molecular formula is C30H31N11O2. The second-order valence-electron chi connectivity index (χ2n) is 9.76. The highest BCUT2D eigenvalue weighted by Crippen LogP contribution is 2.29. The van der Waals surface area contributed by atoms with Crippen molar-refractivity contribution in [3.8, 4) is 11.8 Å². The summed E-state index contributed by atoms with van der Waals surface area (Å²) in [4.78, 5) is 29.9. The number of allylic oxidation sites excluding steroid dienone is 3. The van der Waals surface area contributed by atoms with Crippen molar-refractivity contribution in [2.45, 2.75) is 19.4 Å². The molecule has 4 N–H and O–H groups in total. The normalized spacial score (nSPS) is 15.4. The number of rotatable bonds is 7. The van der Waals surface area contributed by atoms with Crippen LogP contribution in [-0.4, -0.2) is 78.0 Å². The fourth-order valence-electron chi connectivity index (χ4n) is 4.71. The van der Waals surface area contributed by atoms with Crippen molar-refractivity contribution in [1.82, 2.24) is 40.1 Å². The van der Waals surface area contributed by atoms with Gasteiger partial charge in [0.1, 0.15) is 11.6 Å². The van der Waals surface area contributed by atoms with Crippen LogP contribution in [0.1, 0.15) is 35.4 Å². The van der Waals surface area contributed by atoms with E-state index in [1.165, 1.54) is 4.52 Å². The summed E-state index contributed by atoms with van der Waals surface area (Å²) in [5.41, 5.74) is 8.68. The molecule has 0 radical (unpaired) electrons. The Morgan fingerprint density at radius 1 is 1.21 bits per heavy atom. The Labute approximate surface area is 248 Å². The fourth-order valence-corrected chi connectivity index (χ4v) is 4.71. The van der Waals surface area contributed by atoms with E-state index >= 15 is 0 Å². The SMILES string of the molecule is C=C/C=C(\C(=C)O)c1cc(N2CC[C@@H](C)N(c3ccnc(C#CCNC(=O)c4cc5ncccn5n4)n3)CC2)c(N)nn1. The van der Waals surface area contributed by atoms with Gasteiger partial charge in [-0.15, -0.1) is 10.2 Å². The first-order valence-electron chi connectivity index (χ1n) is 13.6. The molecule has 5 rings (SSSR count). The Balaban J connectivity index is 1.25. The van der Waals surface area contributed by atoms with Crippen LogP contribution in [-0.2, 0) is 0 Å². The van der Waals surface area contributed by atoms with Crippen LogP contribution in [0.2, 0.25) is 0 Å². The van der Waals surface area contributed by atoms with Gasteiger partial charge < -0.3 is 26.0 Å². The maximum atomic E-state index is 12.5. The van der Waals surface area contributed by atoms with Crippen LogP contribution in [0.3, 0.4) is 0 Å². The number of carbonyl (C=O) groups excluding carboxylic acids is 1. The second-order valence-corrected chi connectivity index (χ2v) is 9.76. The molecule has 0 saturated carbocycles. The van der Waals surface area contributed by atoms with Crippen LogP contribution in [0.5, 0.6) is 0 Å². The number of nitrogens with one attached hydrogen (secondary N) is 1. The van der Waals surface area contributed by atoms with Gasteiger partial charge in [-0.25, -0.2) is 19.5 Å². The molecular weight excluding hydrogens is 546 g/mol. The second kappa shape index (κ2) is 12.8. The van der Waals surface area contributed by atoms with Crippen LogP contribution in [0.4, 0.5) is 17.3 Å². The van der Waals surface area contributed by atoms with Crippen LogP contribution in [0.25, 0.3) is 11.2 Å². The van der Waals surface area contributed by atoms with Gasteiger partial charge in [0, 0.05) is 55.9 Å². The van der Waals surface area contributed by atoms with Crippen molar-refractivity contribution in [1.29, 1.82) is 0 Å². The number of amides is 1. The van der Waals surface area contributed by atoms with Crippen molar-refractivity contribution >= 4 is 34.5 Å². The van der Waals surface area contributed by atoms with Gasteiger partial charge in [0.15, 0.2) is 17.2 Å². The van der Waals surface area contributed by atoms with Crippen LogP contribution in [0.15, 0.2) is 73.9 Å². The molecule has 5 heterocycles. The zero-order valence-corrected chi connectivity index (χ0v) is 23.7. The molecule has 1 aliphatic heterocycles. The minimum absolute atomic E-state index is 0.111. The molecule has 4 aromatic heterocycles. The average Bonchev–Trinajstić information content (AvgIpc) is 3.35. The average molecular weight is 578 g/mol. The first-order valence-corrected chi connectivity index (χ1v) is 13.6. The van der Waals surface area contributed by atoms with Gasteiger partial charge in [0.2, 0.25) is 5.82 Å². The molecule has 0 bridgehead atoms. The van der Waals surface area contributed by atoms with E-state index in [2.05, 4.69) is 77.3 Å². The number of hydrogen-bond acceptors (Lipinski definition) is 11. The highest BCUT2D eigenvalue weighted by Gasteiger charge is 2.24. The lowest BCUT2D eigenvalue weighted by atomic mass is 10.1. The zero-order valence-electron chi connectivity index (χ0n) is 23.7. The number of nitrogens with zero attached hydrogens (tertiary/aromatic N) is 9. The fraction of sp³-hybridized carbons (Fsp3) is 0.233. The van der Waals surface area contributed by atoms with Crippen molar-refractivity contribution < 1.29 is 9.90 Å². The number of fused-ring (bicyclic) bond motifs is 1. The summed E-state index contributed by atoms with van der Waals surface area (Å²) in [7, 11) is 0. The van der Waals surface area contributed by atoms with Crippen molar-refractivity contribution in [2.75, 3.05) is 41.7 Å². The van der Waals surface area contributed by atoms with Crippen molar-refractivity contribution in [3.63, 3.8) is 0 Å². The van der Waals surface area contributed by atoms with E-state index in [1.54, 1.807) is 42.9 Å². The van der Waals surface area contributed by atoms with Crippen LogP contribution in [0, 0.1) is 11.8 Å². The third-order valence-electron chi connectivity index (χ3n) is 6.91. The van der Waals surface area contributed by atoms with E-state index in [9.17, 15) is 9.90 Å². The minimum Gasteiger partial charge on any atom is -0.508 e. The van der Waals surface area contributed by atoms with Crippen LogP contribution < -0.4 is 20.9 Å². The Hall–Kier alpha value is -5.77. The predicted octanol–water partition coefficient (Wildman–Crippen LogP) is 2.42. The molecule has 13 heteroatoms. The Kier molecular flexibility index (Phi) is 8.57. The molecule has 1 fully saturated rings. The number of aliphatic hydroxyl groups excluding tert-OH is 1. The smallest absolute Gasteiger partial charge is 0.272 e. The molecule has 1 aliphatic rings. The number of nitrogen functional groups attached to an aromatic ring is 1. The lowest BCUT2D eigenvalue weighted by Gasteiger charge is -2.28. The molecule has 1 saturated heterocycles. The van der Waals surface area contributed by atoms with Gasteiger partial charge in [0.25, 0.3) is 5.91 Å². The molecule has 4 aromatic rings. The number of anilines is 3.